The summed E-state index contributed by atoms with van der Waals surface area (Å²) in [5.41, 5.74) is 0. The van der Waals surface area contributed by atoms with Crippen LogP contribution in [0.15, 0.2) is 24.3 Å². The van der Waals surface area contributed by atoms with Crippen LogP contribution in [0.2, 0.25) is 0 Å². The molecule has 2 aromatic carbocycles. The second kappa shape index (κ2) is 16.4. The average Bonchev–Trinajstić information content (AvgIpc) is 3.98. The molecule has 0 amide bonds. The molecule has 4 unspecified atom stereocenters. The van der Waals surface area contributed by atoms with Crippen molar-refractivity contribution in [3.63, 3.8) is 0 Å². The Bertz CT molecular complexity index is 1910. The highest BCUT2D eigenvalue weighted by molar-refractivity contribution is 7.54. The number of phenolic OH excluding ortho intramolecular Hbond substituents is 1. The van der Waals surface area contributed by atoms with E-state index in [1.54, 1.807) is 6.07 Å². The summed E-state index contributed by atoms with van der Waals surface area (Å²) < 4.78 is 54.0. The van der Waals surface area contributed by atoms with Crippen molar-refractivity contribution in [1.82, 2.24) is 0 Å². The predicted octanol–water partition coefficient (Wildman–Crippen LogP) is 7.48. The van der Waals surface area contributed by atoms with Crippen molar-refractivity contribution < 1.29 is 56.7 Å². The van der Waals surface area contributed by atoms with Crippen LogP contribution in [-0.2, 0) is 19.1 Å². The number of rotatable bonds is 9. The standard InChI is InChI=1S/C16H15FO5S.C15H13FO5S.Al.3ClH/c1-20-10-6-11-9(13(17)15(10)21-2)5-12(23-11)14(18)7-4-8(7)16(19)22-3;1-20-9-5-10-8(12(16)14(9)18)4-11(22-10)13(17)6-3-7(6)15(19)21-2;;;;/h5-8H,4H2,1-3H3;4-7,18H,3H2,1-2H3;;3*1H/q;;+3;;;/p-3. The third kappa shape index (κ3) is 8.53. The van der Waals surface area contributed by atoms with Gasteiger partial charge in [-0.15, -0.1) is 22.7 Å². The van der Waals surface area contributed by atoms with E-state index in [1.165, 1.54) is 65.1 Å². The minimum atomic E-state index is -1.72. The quantitative estimate of drug-likeness (QED) is 0.103. The molecule has 2 fully saturated rings. The van der Waals surface area contributed by atoms with Crippen LogP contribution >= 0.6 is 52.8 Å². The van der Waals surface area contributed by atoms with E-state index in [-0.39, 0.29) is 52.0 Å². The molecule has 18 heteroatoms. The van der Waals surface area contributed by atoms with Gasteiger partial charge in [0.15, 0.2) is 46.2 Å². The van der Waals surface area contributed by atoms with Gasteiger partial charge in [0.1, 0.15) is 0 Å². The predicted molar refractivity (Wildman–Crippen MR) is 184 cm³/mol. The molecule has 49 heavy (non-hydrogen) atoms. The molecule has 10 nitrogen and oxygen atoms in total. The Kier molecular flexibility index (Phi) is 13.0. The van der Waals surface area contributed by atoms with E-state index < -0.39 is 46.6 Å². The third-order valence-corrected chi connectivity index (χ3v) is 9.97. The van der Waals surface area contributed by atoms with Crippen molar-refractivity contribution in [3.8, 4) is 23.0 Å². The number of methoxy groups -OCH3 is 5. The summed E-state index contributed by atoms with van der Waals surface area (Å²) in [5, 5.41) is 10.2. The van der Waals surface area contributed by atoms with Gasteiger partial charge < -0.3 is 28.8 Å². The molecular formula is C31H28AlCl3F2O10S2. The number of ketones is 2. The monoisotopic (exact) mass is 794 g/mol. The Hall–Kier alpha value is -2.90. The highest BCUT2D eigenvalue weighted by Crippen LogP contribution is 2.47. The number of thiophene rings is 2. The van der Waals surface area contributed by atoms with Crippen LogP contribution in [0.1, 0.15) is 32.2 Å². The molecule has 2 aliphatic carbocycles. The van der Waals surface area contributed by atoms with Gasteiger partial charge in [-0.3, -0.25) is 19.2 Å². The SMILES string of the molecule is COC(=O)C1CC1C(=O)c1cc2c(F)c(O)c(OC)cc2s1.COC(=O)C1CC1C(=O)c1cc2c(F)c(OC)c(OC)cc2s1.[Cl][Al]([Cl])[Cl]. The van der Waals surface area contributed by atoms with E-state index >= 15 is 0 Å². The lowest BCUT2D eigenvalue weighted by molar-refractivity contribution is -0.143. The Morgan fingerprint density at radius 3 is 1.49 bits per heavy atom. The fourth-order valence-electron chi connectivity index (χ4n) is 5.10. The van der Waals surface area contributed by atoms with Crippen molar-refractivity contribution in [3.05, 3.63) is 45.7 Å². The van der Waals surface area contributed by atoms with E-state index in [4.69, 9.17) is 44.4 Å². The van der Waals surface area contributed by atoms with Crippen LogP contribution in [0.5, 0.6) is 23.0 Å². The fraction of sp³-hybridized carbons (Fsp3) is 0.355. The number of aromatic hydroxyl groups is 1. The molecule has 0 spiro atoms. The third-order valence-electron chi connectivity index (χ3n) is 7.78. The van der Waals surface area contributed by atoms with Crippen molar-refractivity contribution in [1.29, 1.82) is 0 Å². The molecule has 1 N–H and O–H groups in total. The fourth-order valence-corrected chi connectivity index (χ4v) is 7.29. The van der Waals surface area contributed by atoms with E-state index in [9.17, 15) is 33.1 Å². The van der Waals surface area contributed by atoms with E-state index in [0.29, 0.717) is 37.4 Å². The lowest BCUT2D eigenvalue weighted by atomic mass is 10.1. The van der Waals surface area contributed by atoms with Crippen LogP contribution in [-0.4, -0.2) is 75.5 Å². The second-order valence-electron chi connectivity index (χ2n) is 10.6. The van der Waals surface area contributed by atoms with Gasteiger partial charge in [0, 0.05) is 44.1 Å². The summed E-state index contributed by atoms with van der Waals surface area (Å²) in [6, 6.07) is 6.04. The van der Waals surface area contributed by atoms with Gasteiger partial charge in [0.2, 0.25) is 0 Å². The summed E-state index contributed by atoms with van der Waals surface area (Å²) >= 11 is 0.573. The average molecular weight is 796 g/mol. The number of esters is 2. The highest BCUT2D eigenvalue weighted by Gasteiger charge is 2.50. The number of phenols is 1. The summed E-state index contributed by atoms with van der Waals surface area (Å²) in [5.74, 6) is -4.34. The molecule has 4 aromatic rings. The Labute approximate surface area is 303 Å². The van der Waals surface area contributed by atoms with Gasteiger partial charge in [-0.1, -0.05) is 0 Å². The number of fused-ring (bicyclic) bond motifs is 2. The molecule has 4 atom stereocenters. The normalized spacial score (nSPS) is 18.7. The number of hydrogen-bond donors (Lipinski definition) is 1. The van der Waals surface area contributed by atoms with Crippen LogP contribution in [0.4, 0.5) is 8.78 Å². The maximum atomic E-state index is 14.5. The van der Waals surface area contributed by atoms with E-state index in [0.717, 1.165) is 11.3 Å². The molecule has 2 heterocycles. The van der Waals surface area contributed by atoms with Crippen LogP contribution in [0.3, 0.4) is 0 Å². The van der Waals surface area contributed by atoms with Gasteiger partial charge in [-0.25, -0.2) is 38.9 Å². The summed E-state index contributed by atoms with van der Waals surface area (Å²) in [6.45, 7) is 0. The highest BCUT2D eigenvalue weighted by atomic mass is 35.8. The molecule has 0 bridgehead atoms. The first-order chi connectivity index (χ1) is 23.2. The Morgan fingerprint density at radius 2 is 1.10 bits per heavy atom. The second-order valence-corrected chi connectivity index (χ2v) is 19.2. The van der Waals surface area contributed by atoms with Gasteiger partial charge in [-0.2, -0.15) is 0 Å². The Balaban J connectivity index is 0.000000199. The van der Waals surface area contributed by atoms with Crippen molar-refractivity contribution >= 4 is 108 Å². The van der Waals surface area contributed by atoms with Gasteiger partial charge >= 0.3 is 23.3 Å². The molecule has 2 aliphatic rings. The molecule has 6 rings (SSSR count). The van der Waals surface area contributed by atoms with Crippen molar-refractivity contribution in [2.45, 2.75) is 12.8 Å². The van der Waals surface area contributed by atoms with Crippen LogP contribution < -0.4 is 14.2 Å². The molecule has 0 aliphatic heterocycles. The lowest BCUT2D eigenvalue weighted by Gasteiger charge is -2.08. The minimum Gasteiger partial charge on any atom is -0.502 e. The number of Topliss-reactive ketones (excluding diaryl/α,β-unsaturated/α-hetero) is 2. The zero-order valence-corrected chi connectivity index (χ0v) is 31.5. The summed E-state index contributed by atoms with van der Waals surface area (Å²) in [6.07, 6.45) is 0.936. The zero-order chi connectivity index (χ0) is 36.3. The number of ether oxygens (including phenoxy) is 5. The number of carbonyl (C=O) groups excluding carboxylic acids is 4. The molecule has 0 radical (unpaired) electrons. The topological polar surface area (TPSA) is 135 Å². The first-order valence-corrected chi connectivity index (χ1v) is 21.1. The maximum Gasteiger partial charge on any atom is 0.643 e. The van der Waals surface area contributed by atoms with Gasteiger partial charge in [-0.05, 0) is 25.0 Å². The van der Waals surface area contributed by atoms with Crippen molar-refractivity contribution in [2.75, 3.05) is 35.5 Å². The molecular weight excluding hydrogens is 768 g/mol. The number of carbonyl (C=O) groups is 4. The molecule has 262 valence electrons. The van der Waals surface area contributed by atoms with Gasteiger partial charge in [0.05, 0.1) is 57.1 Å². The van der Waals surface area contributed by atoms with Gasteiger partial charge in [0.25, 0.3) is 0 Å². The lowest BCUT2D eigenvalue weighted by Crippen LogP contribution is -2.09. The van der Waals surface area contributed by atoms with Crippen LogP contribution in [0, 0.1) is 35.3 Å². The minimum absolute atomic E-state index is 0.00987. The molecule has 2 saturated carbocycles. The first kappa shape index (κ1) is 38.9. The summed E-state index contributed by atoms with van der Waals surface area (Å²) in [4.78, 5) is 48.4. The van der Waals surface area contributed by atoms with E-state index in [2.05, 4.69) is 9.47 Å². The summed E-state index contributed by atoms with van der Waals surface area (Å²) in [7, 11) is 21.5. The molecule has 0 saturated heterocycles. The number of hydrogen-bond acceptors (Lipinski definition) is 12. The first-order valence-electron chi connectivity index (χ1n) is 14.2. The smallest absolute Gasteiger partial charge is 0.502 e. The number of benzene rings is 2. The Morgan fingerprint density at radius 1 is 0.694 bits per heavy atom. The van der Waals surface area contributed by atoms with Crippen molar-refractivity contribution in [2.24, 2.45) is 23.7 Å². The maximum absolute atomic E-state index is 14.5. The van der Waals surface area contributed by atoms with E-state index in [1.807, 2.05) is 0 Å². The van der Waals surface area contributed by atoms with Crippen LogP contribution in [0.25, 0.3) is 20.2 Å². The number of halogens is 5. The molecule has 2 aromatic heterocycles. The zero-order valence-electron chi connectivity index (χ0n) is 26.4. The largest absolute Gasteiger partial charge is 0.643 e.